The molecule has 2 rings (SSSR count). The Hall–Kier alpha value is -0.100. The maximum Gasteiger partial charge on any atom is 0.138 e. The second-order valence-electron chi connectivity index (χ2n) is 4.43. The molecule has 0 aromatic heterocycles. The molecule has 0 radical (unpaired) electrons. The van der Waals surface area contributed by atoms with Crippen LogP contribution < -0.4 is 5.32 Å². The van der Waals surface area contributed by atoms with Gasteiger partial charge in [-0.2, -0.15) is 0 Å². The van der Waals surface area contributed by atoms with Gasteiger partial charge in [0.1, 0.15) is 5.82 Å². The van der Waals surface area contributed by atoms with Gasteiger partial charge in [-0.3, -0.25) is 0 Å². The zero-order chi connectivity index (χ0) is 13.0. The van der Waals surface area contributed by atoms with E-state index in [0.29, 0.717) is 4.90 Å². The van der Waals surface area contributed by atoms with Crippen LogP contribution in [0.15, 0.2) is 21.5 Å². The molecular formula is C13H18BrFN2S. The van der Waals surface area contributed by atoms with Gasteiger partial charge in [0.15, 0.2) is 0 Å². The molecule has 1 N–H and O–H groups in total. The molecule has 2 nitrogen and oxygen atoms in total. The fourth-order valence-electron chi connectivity index (χ4n) is 2.17. The fraction of sp³-hybridized carbons (Fsp3) is 0.538. The summed E-state index contributed by atoms with van der Waals surface area (Å²) in [5.74, 6) is -0.118. The van der Waals surface area contributed by atoms with Gasteiger partial charge in [-0.05, 0) is 46.3 Å². The van der Waals surface area contributed by atoms with E-state index in [-0.39, 0.29) is 5.82 Å². The Balaban J connectivity index is 1.96. The normalized spacial score (nSPS) is 17.1. The highest BCUT2D eigenvalue weighted by Crippen LogP contribution is 2.30. The Kier molecular flexibility index (Phi) is 5.48. The standard InChI is InChI=1S/C13H18BrFN2S/c1-18-13-11(14)8-10(9-12(13)15)2-5-17-6-3-16-4-7-17/h8-9,16H,2-7H2,1H3. The number of halogens is 2. The molecule has 0 unspecified atom stereocenters. The molecule has 0 amide bonds. The van der Waals surface area contributed by atoms with E-state index in [1.54, 1.807) is 6.07 Å². The summed E-state index contributed by atoms with van der Waals surface area (Å²) in [6, 6.07) is 3.70. The van der Waals surface area contributed by atoms with Gasteiger partial charge in [0.2, 0.25) is 0 Å². The zero-order valence-corrected chi connectivity index (χ0v) is 12.9. The highest BCUT2D eigenvalue weighted by molar-refractivity contribution is 9.10. The molecule has 1 aliphatic rings. The third-order valence-corrected chi connectivity index (χ3v) is 4.90. The summed E-state index contributed by atoms with van der Waals surface area (Å²) < 4.78 is 14.7. The van der Waals surface area contributed by atoms with Crippen LogP contribution in [0, 0.1) is 5.82 Å². The van der Waals surface area contributed by atoms with Crippen molar-refractivity contribution in [1.29, 1.82) is 0 Å². The van der Waals surface area contributed by atoms with Crippen LogP contribution in [0.25, 0.3) is 0 Å². The van der Waals surface area contributed by atoms with Crippen molar-refractivity contribution < 1.29 is 4.39 Å². The maximum atomic E-state index is 13.8. The quantitative estimate of drug-likeness (QED) is 0.853. The summed E-state index contributed by atoms with van der Waals surface area (Å²) in [4.78, 5) is 3.12. The number of hydrogen-bond acceptors (Lipinski definition) is 3. The monoisotopic (exact) mass is 332 g/mol. The minimum absolute atomic E-state index is 0.118. The predicted molar refractivity (Wildman–Crippen MR) is 78.9 cm³/mol. The summed E-state index contributed by atoms with van der Waals surface area (Å²) in [6.45, 7) is 5.30. The molecule has 5 heteroatoms. The summed E-state index contributed by atoms with van der Waals surface area (Å²) in [7, 11) is 0. The molecule has 0 aliphatic carbocycles. The van der Waals surface area contributed by atoms with Gasteiger partial charge in [-0.1, -0.05) is 0 Å². The van der Waals surface area contributed by atoms with Gasteiger partial charge >= 0.3 is 0 Å². The zero-order valence-electron chi connectivity index (χ0n) is 10.5. The second kappa shape index (κ2) is 6.89. The minimum Gasteiger partial charge on any atom is -0.314 e. The van der Waals surface area contributed by atoms with Crippen molar-refractivity contribution in [3.63, 3.8) is 0 Å². The van der Waals surface area contributed by atoms with E-state index in [0.717, 1.165) is 49.2 Å². The van der Waals surface area contributed by atoms with Crippen LogP contribution in [0.2, 0.25) is 0 Å². The lowest BCUT2D eigenvalue weighted by Gasteiger charge is -2.27. The molecule has 18 heavy (non-hydrogen) atoms. The number of benzene rings is 1. The number of hydrogen-bond donors (Lipinski definition) is 1. The van der Waals surface area contributed by atoms with Crippen LogP contribution in [0.1, 0.15) is 5.56 Å². The molecule has 1 aromatic rings. The minimum atomic E-state index is -0.118. The van der Waals surface area contributed by atoms with Crippen LogP contribution in [0.5, 0.6) is 0 Å². The van der Waals surface area contributed by atoms with Crippen molar-refractivity contribution in [3.8, 4) is 0 Å². The van der Waals surface area contributed by atoms with Crippen LogP contribution in [-0.2, 0) is 6.42 Å². The highest BCUT2D eigenvalue weighted by atomic mass is 79.9. The van der Waals surface area contributed by atoms with Crippen LogP contribution in [0.3, 0.4) is 0 Å². The van der Waals surface area contributed by atoms with Crippen molar-refractivity contribution in [3.05, 3.63) is 28.0 Å². The molecular weight excluding hydrogens is 315 g/mol. The Bertz CT molecular complexity index is 385. The topological polar surface area (TPSA) is 15.3 Å². The first kappa shape index (κ1) is 14.3. The molecule has 1 saturated heterocycles. The van der Waals surface area contributed by atoms with E-state index in [4.69, 9.17) is 0 Å². The van der Waals surface area contributed by atoms with Crippen molar-refractivity contribution in [1.82, 2.24) is 10.2 Å². The largest absolute Gasteiger partial charge is 0.314 e. The number of nitrogens with zero attached hydrogens (tertiary/aromatic N) is 1. The van der Waals surface area contributed by atoms with E-state index in [9.17, 15) is 4.39 Å². The number of thioether (sulfide) groups is 1. The number of nitrogens with one attached hydrogen (secondary N) is 1. The van der Waals surface area contributed by atoms with Gasteiger partial charge in [0.25, 0.3) is 0 Å². The number of rotatable bonds is 4. The molecule has 0 spiro atoms. The van der Waals surface area contributed by atoms with E-state index < -0.39 is 0 Å². The molecule has 1 aromatic carbocycles. The number of piperazine rings is 1. The van der Waals surface area contributed by atoms with Crippen molar-refractivity contribution in [2.24, 2.45) is 0 Å². The van der Waals surface area contributed by atoms with E-state index in [1.807, 2.05) is 12.3 Å². The lowest BCUT2D eigenvalue weighted by atomic mass is 10.1. The smallest absolute Gasteiger partial charge is 0.138 e. The van der Waals surface area contributed by atoms with Crippen molar-refractivity contribution in [2.45, 2.75) is 11.3 Å². The van der Waals surface area contributed by atoms with Crippen LogP contribution in [0.4, 0.5) is 4.39 Å². The average molecular weight is 333 g/mol. The molecule has 1 fully saturated rings. The first-order valence-electron chi connectivity index (χ1n) is 6.15. The van der Waals surface area contributed by atoms with Gasteiger partial charge < -0.3 is 10.2 Å². The Labute approximate surface area is 120 Å². The van der Waals surface area contributed by atoms with Crippen LogP contribution >= 0.6 is 27.7 Å². The Morgan fingerprint density at radius 3 is 2.72 bits per heavy atom. The van der Waals surface area contributed by atoms with Crippen LogP contribution in [-0.4, -0.2) is 43.9 Å². The maximum absolute atomic E-state index is 13.8. The first-order valence-corrected chi connectivity index (χ1v) is 8.17. The molecule has 0 bridgehead atoms. The first-order chi connectivity index (χ1) is 8.70. The van der Waals surface area contributed by atoms with Gasteiger partial charge in [0, 0.05) is 37.2 Å². The molecule has 100 valence electrons. The Morgan fingerprint density at radius 1 is 1.39 bits per heavy atom. The van der Waals surface area contributed by atoms with E-state index >= 15 is 0 Å². The fourth-order valence-corrected chi connectivity index (χ4v) is 3.65. The van der Waals surface area contributed by atoms with Crippen molar-refractivity contribution >= 4 is 27.7 Å². The SMILES string of the molecule is CSc1c(F)cc(CCN2CCNCC2)cc1Br. The predicted octanol–water partition coefficient (Wildman–Crippen LogP) is 2.76. The second-order valence-corrected chi connectivity index (χ2v) is 6.11. The Morgan fingerprint density at radius 2 is 2.11 bits per heavy atom. The lowest BCUT2D eigenvalue weighted by Crippen LogP contribution is -2.44. The summed E-state index contributed by atoms with van der Waals surface area (Å²) in [5, 5.41) is 3.33. The molecule has 0 atom stereocenters. The lowest BCUT2D eigenvalue weighted by molar-refractivity contribution is 0.244. The van der Waals surface area contributed by atoms with Gasteiger partial charge in [0.05, 0.1) is 4.90 Å². The van der Waals surface area contributed by atoms with Gasteiger partial charge in [-0.15, -0.1) is 11.8 Å². The third-order valence-electron chi connectivity index (χ3n) is 3.19. The van der Waals surface area contributed by atoms with E-state index in [2.05, 4.69) is 26.1 Å². The third kappa shape index (κ3) is 3.70. The van der Waals surface area contributed by atoms with Crippen molar-refractivity contribution in [2.75, 3.05) is 39.0 Å². The van der Waals surface area contributed by atoms with Gasteiger partial charge in [-0.25, -0.2) is 4.39 Å². The molecule has 1 heterocycles. The van der Waals surface area contributed by atoms with E-state index in [1.165, 1.54) is 11.8 Å². The summed E-state index contributed by atoms with van der Waals surface area (Å²) >= 11 is 4.88. The highest BCUT2D eigenvalue weighted by Gasteiger charge is 2.11. The summed E-state index contributed by atoms with van der Waals surface area (Å²) in [6.07, 6.45) is 2.80. The summed E-state index contributed by atoms with van der Waals surface area (Å²) in [5.41, 5.74) is 1.07. The molecule has 0 saturated carbocycles. The molecule has 1 aliphatic heterocycles. The average Bonchev–Trinajstić information content (AvgIpc) is 2.37.